The van der Waals surface area contributed by atoms with E-state index in [9.17, 15) is 14.0 Å². The molecule has 0 aliphatic heterocycles. The van der Waals surface area contributed by atoms with Crippen LogP contribution in [-0.2, 0) is 13.0 Å². The number of pyridine rings is 1. The number of aryl methyl sites for hydroxylation is 2. The summed E-state index contributed by atoms with van der Waals surface area (Å²) in [5.74, 6) is -1.81. The number of nitrogens with two attached hydrogens (primary N) is 1. The van der Waals surface area contributed by atoms with Crippen molar-refractivity contribution in [3.8, 4) is 0 Å². The number of halogens is 1. The van der Waals surface area contributed by atoms with Crippen LogP contribution in [0.15, 0.2) is 23.1 Å². The van der Waals surface area contributed by atoms with Crippen LogP contribution in [0.1, 0.15) is 29.3 Å². The summed E-state index contributed by atoms with van der Waals surface area (Å²) in [6, 6.07) is 2.74. The number of carboxylic acid groups (broad SMARTS) is 1. The largest absolute Gasteiger partial charge is 0.477 e. The van der Waals surface area contributed by atoms with Gasteiger partial charge in [-0.3, -0.25) is 4.79 Å². The fraction of sp³-hybridized carbons (Fsp3) is 0.333. The van der Waals surface area contributed by atoms with Crippen LogP contribution in [0.2, 0.25) is 0 Å². The molecule has 1 aromatic heterocycles. The summed E-state index contributed by atoms with van der Waals surface area (Å²) in [7, 11) is 0. The van der Waals surface area contributed by atoms with E-state index in [4.69, 9.17) is 10.8 Å². The van der Waals surface area contributed by atoms with Crippen molar-refractivity contribution in [3.05, 3.63) is 45.5 Å². The van der Waals surface area contributed by atoms with Crippen molar-refractivity contribution in [1.82, 2.24) is 4.57 Å². The molecule has 0 fully saturated rings. The smallest absolute Gasteiger partial charge is 0.341 e. The quantitative estimate of drug-likeness (QED) is 0.816. The first-order valence-corrected chi connectivity index (χ1v) is 6.78. The molecule has 1 radical (unpaired) electrons. The summed E-state index contributed by atoms with van der Waals surface area (Å²) in [4.78, 5) is 23.2. The van der Waals surface area contributed by atoms with Gasteiger partial charge < -0.3 is 15.4 Å². The van der Waals surface area contributed by atoms with Gasteiger partial charge in [0.15, 0.2) is 0 Å². The fourth-order valence-corrected chi connectivity index (χ4v) is 2.35. The van der Waals surface area contributed by atoms with Gasteiger partial charge >= 0.3 is 5.97 Å². The Balaban J connectivity index is 0.00000242. The van der Waals surface area contributed by atoms with Crippen LogP contribution in [0.5, 0.6) is 0 Å². The Morgan fingerprint density at radius 3 is 2.64 bits per heavy atom. The van der Waals surface area contributed by atoms with Crippen molar-refractivity contribution in [2.45, 2.75) is 26.3 Å². The van der Waals surface area contributed by atoms with Gasteiger partial charge in [0, 0.05) is 47.7 Å². The van der Waals surface area contributed by atoms with E-state index in [0.29, 0.717) is 37.0 Å². The van der Waals surface area contributed by atoms with E-state index in [1.54, 1.807) is 10.6 Å². The molecule has 5 nitrogen and oxygen atoms in total. The molecule has 22 heavy (non-hydrogen) atoms. The summed E-state index contributed by atoms with van der Waals surface area (Å²) < 4.78 is 15.7. The average molecular weight is 315 g/mol. The molecule has 0 aliphatic carbocycles. The number of nitrogens with zero attached hydrogens (tertiary/aromatic N) is 1. The molecule has 3 N–H and O–H groups in total. The summed E-state index contributed by atoms with van der Waals surface area (Å²) in [6.45, 7) is 2.77. The Bertz CT molecular complexity index is 759. The summed E-state index contributed by atoms with van der Waals surface area (Å²) in [5.41, 5.74) is 5.45. The second-order valence-corrected chi connectivity index (χ2v) is 4.82. The van der Waals surface area contributed by atoms with Gasteiger partial charge in [0.2, 0.25) is 5.43 Å². The van der Waals surface area contributed by atoms with Crippen molar-refractivity contribution in [2.24, 2.45) is 5.73 Å². The molecule has 0 amide bonds. The maximum atomic E-state index is 14.1. The van der Waals surface area contributed by atoms with Crippen molar-refractivity contribution >= 4 is 46.4 Å². The van der Waals surface area contributed by atoms with Gasteiger partial charge in [-0.05, 0) is 44.0 Å². The summed E-state index contributed by atoms with van der Waals surface area (Å²) in [6.07, 6.45) is 2.43. The predicted molar refractivity (Wildman–Crippen MR) is 83.9 cm³/mol. The van der Waals surface area contributed by atoms with Crippen molar-refractivity contribution in [3.63, 3.8) is 0 Å². The Labute approximate surface area is 149 Å². The number of hydrogen-bond acceptors (Lipinski definition) is 3. The number of carboxylic acids is 1. The van der Waals surface area contributed by atoms with Crippen molar-refractivity contribution < 1.29 is 14.3 Å². The molecule has 7 heteroatoms. The molecule has 1 heterocycles. The van der Waals surface area contributed by atoms with E-state index in [-0.39, 0.29) is 40.5 Å². The molecule has 2 rings (SSSR count). The van der Waals surface area contributed by atoms with Crippen LogP contribution in [-0.4, -0.2) is 51.7 Å². The molecule has 1 aromatic carbocycles. The van der Waals surface area contributed by atoms with Crippen LogP contribution in [0, 0.1) is 5.82 Å². The molecule has 0 spiro atoms. The van der Waals surface area contributed by atoms with Crippen LogP contribution in [0.25, 0.3) is 10.9 Å². The minimum Gasteiger partial charge on any atom is -0.477 e. The van der Waals surface area contributed by atoms with E-state index in [1.165, 1.54) is 6.20 Å². The SMILES string of the molecule is CCn1cc(C(=O)O)c(=O)c2cc(F)c(CCCN)cc21.[Na]. The van der Waals surface area contributed by atoms with Gasteiger partial charge in [0.25, 0.3) is 0 Å². The topological polar surface area (TPSA) is 85.3 Å². The summed E-state index contributed by atoms with van der Waals surface area (Å²) >= 11 is 0. The zero-order chi connectivity index (χ0) is 15.6. The normalized spacial score (nSPS) is 10.5. The Morgan fingerprint density at radius 2 is 2.09 bits per heavy atom. The van der Waals surface area contributed by atoms with Gasteiger partial charge in [-0.25, -0.2) is 9.18 Å². The molecular weight excluding hydrogens is 298 g/mol. The third-order valence-electron chi connectivity index (χ3n) is 3.47. The standard InChI is InChI=1S/C15H17FN2O3.Na/c1-2-18-8-11(15(20)21)14(19)10-7-12(16)9(4-3-5-17)6-13(10)18;/h6-8H,2-5,17H2,1H3,(H,20,21);. The molecule has 113 valence electrons. The number of carbonyl (C=O) groups is 1. The van der Waals surface area contributed by atoms with E-state index in [2.05, 4.69) is 0 Å². The number of hydrogen-bond donors (Lipinski definition) is 2. The fourth-order valence-electron chi connectivity index (χ4n) is 2.35. The van der Waals surface area contributed by atoms with E-state index in [0.717, 1.165) is 6.07 Å². The number of aromatic nitrogens is 1. The number of fused-ring (bicyclic) bond motifs is 1. The maximum Gasteiger partial charge on any atom is 0.341 e. The predicted octanol–water partition coefficient (Wildman–Crippen LogP) is 1.37. The number of benzene rings is 1. The Hall–Kier alpha value is -1.21. The monoisotopic (exact) mass is 315 g/mol. The van der Waals surface area contributed by atoms with Crippen LogP contribution >= 0.6 is 0 Å². The first-order valence-electron chi connectivity index (χ1n) is 6.78. The maximum absolute atomic E-state index is 14.1. The Kier molecular flexibility index (Phi) is 6.74. The van der Waals surface area contributed by atoms with Gasteiger partial charge in [0.1, 0.15) is 11.4 Å². The number of aromatic carboxylic acids is 1. The zero-order valence-electron chi connectivity index (χ0n) is 12.7. The zero-order valence-corrected chi connectivity index (χ0v) is 14.7. The molecule has 0 aliphatic rings. The van der Waals surface area contributed by atoms with Crippen LogP contribution in [0.3, 0.4) is 0 Å². The first-order chi connectivity index (χ1) is 9.99. The van der Waals surface area contributed by atoms with Crippen LogP contribution < -0.4 is 11.2 Å². The molecule has 0 atom stereocenters. The molecular formula is C15H17FN2NaO3. The first kappa shape index (κ1) is 18.8. The Morgan fingerprint density at radius 1 is 1.41 bits per heavy atom. The van der Waals surface area contributed by atoms with Gasteiger partial charge in [-0.15, -0.1) is 0 Å². The van der Waals surface area contributed by atoms with Gasteiger partial charge in [-0.1, -0.05) is 0 Å². The van der Waals surface area contributed by atoms with Gasteiger partial charge in [-0.2, -0.15) is 0 Å². The van der Waals surface area contributed by atoms with Crippen molar-refractivity contribution in [1.29, 1.82) is 0 Å². The molecule has 2 aromatic rings. The van der Waals surface area contributed by atoms with Crippen LogP contribution in [0.4, 0.5) is 4.39 Å². The minimum atomic E-state index is -1.31. The average Bonchev–Trinajstić information content (AvgIpc) is 2.46. The molecule has 0 saturated heterocycles. The van der Waals surface area contributed by atoms with Gasteiger partial charge in [0.05, 0.1) is 5.52 Å². The minimum absolute atomic E-state index is 0. The molecule has 0 unspecified atom stereocenters. The third-order valence-corrected chi connectivity index (χ3v) is 3.47. The molecule has 0 saturated carbocycles. The summed E-state index contributed by atoms with van der Waals surface area (Å²) in [5, 5.41) is 9.15. The second-order valence-electron chi connectivity index (χ2n) is 4.82. The third kappa shape index (κ3) is 3.57. The van der Waals surface area contributed by atoms with E-state index >= 15 is 0 Å². The second kappa shape index (κ2) is 7.87. The molecule has 0 bridgehead atoms. The van der Waals surface area contributed by atoms with Crippen molar-refractivity contribution in [2.75, 3.05) is 6.54 Å². The number of rotatable bonds is 5. The van der Waals surface area contributed by atoms with E-state index in [1.807, 2.05) is 6.92 Å². The van der Waals surface area contributed by atoms with E-state index < -0.39 is 17.2 Å².